The Morgan fingerprint density at radius 1 is 1.06 bits per heavy atom. The normalized spacial score (nSPS) is 21.4. The first-order valence-electron chi connectivity index (χ1n) is 4.10. The molecule has 0 aromatic rings. The monoisotopic (exact) mass is 283 g/mol. The van der Waals surface area contributed by atoms with Crippen LogP contribution in [0, 0.1) is 5.92 Å². The lowest BCUT2D eigenvalue weighted by Crippen LogP contribution is -2.51. The van der Waals surface area contributed by atoms with E-state index in [1.807, 2.05) is 0 Å². The SMILES string of the molecule is CC(C)C1=NC(C(F)(F)F)(C(F)(F)F)SS1. The van der Waals surface area contributed by atoms with Gasteiger partial charge in [0.25, 0.3) is 0 Å². The largest absolute Gasteiger partial charge is 0.433 e. The minimum atomic E-state index is -5.44. The molecule has 9 heteroatoms. The number of hydrogen-bond acceptors (Lipinski definition) is 3. The van der Waals surface area contributed by atoms with Crippen molar-refractivity contribution >= 4 is 26.6 Å². The van der Waals surface area contributed by atoms with Gasteiger partial charge in [0.2, 0.25) is 0 Å². The summed E-state index contributed by atoms with van der Waals surface area (Å²) < 4.78 is 74.9. The van der Waals surface area contributed by atoms with E-state index in [2.05, 4.69) is 4.99 Å². The highest BCUT2D eigenvalue weighted by atomic mass is 33.1. The van der Waals surface area contributed by atoms with Crippen molar-refractivity contribution in [2.24, 2.45) is 10.9 Å². The van der Waals surface area contributed by atoms with E-state index in [0.717, 1.165) is 0 Å². The van der Waals surface area contributed by atoms with Crippen molar-refractivity contribution < 1.29 is 26.3 Å². The Balaban J connectivity index is 3.22. The summed E-state index contributed by atoms with van der Waals surface area (Å²) in [5.74, 6) is -0.455. The number of hydrogen-bond donors (Lipinski definition) is 0. The predicted octanol–water partition coefficient (Wildman–Crippen LogP) is 4.26. The predicted molar refractivity (Wildman–Crippen MR) is 52.3 cm³/mol. The average molecular weight is 283 g/mol. The second kappa shape index (κ2) is 4.01. The van der Waals surface area contributed by atoms with E-state index in [-0.39, 0.29) is 15.8 Å². The molecule has 0 spiro atoms. The van der Waals surface area contributed by atoms with E-state index in [9.17, 15) is 26.3 Å². The molecular weight excluding hydrogens is 276 g/mol. The quantitative estimate of drug-likeness (QED) is 0.526. The molecule has 0 atom stereocenters. The summed E-state index contributed by atoms with van der Waals surface area (Å²) in [5.41, 5.74) is 0. The molecule has 1 nitrogen and oxygen atoms in total. The fourth-order valence-corrected chi connectivity index (χ4v) is 3.84. The van der Waals surface area contributed by atoms with Gasteiger partial charge in [0.1, 0.15) is 0 Å². The molecule has 94 valence electrons. The smallest absolute Gasteiger partial charge is 0.245 e. The maximum atomic E-state index is 12.5. The zero-order chi connectivity index (χ0) is 12.8. The Labute approximate surface area is 95.5 Å². The highest BCUT2D eigenvalue weighted by Gasteiger charge is 2.74. The lowest BCUT2D eigenvalue weighted by molar-refractivity contribution is -0.261. The lowest BCUT2D eigenvalue weighted by atomic mass is 10.2. The van der Waals surface area contributed by atoms with Crippen LogP contribution in [0.25, 0.3) is 0 Å². The summed E-state index contributed by atoms with van der Waals surface area (Å²) in [5, 5.41) is -0.139. The molecule has 0 amide bonds. The van der Waals surface area contributed by atoms with Crippen molar-refractivity contribution in [1.82, 2.24) is 0 Å². The summed E-state index contributed by atoms with van der Waals surface area (Å²) in [7, 11) is 0.141. The molecule has 0 saturated carbocycles. The second-order valence-electron chi connectivity index (χ2n) is 3.41. The van der Waals surface area contributed by atoms with Crippen LogP contribution in [0.5, 0.6) is 0 Å². The first-order chi connectivity index (χ1) is 7.01. The highest BCUT2D eigenvalue weighted by Crippen LogP contribution is 2.61. The van der Waals surface area contributed by atoms with Crippen molar-refractivity contribution in [2.75, 3.05) is 0 Å². The number of aliphatic imine (C=N–C) groups is 1. The molecule has 1 rings (SSSR count). The van der Waals surface area contributed by atoms with E-state index in [0.29, 0.717) is 10.8 Å². The van der Waals surface area contributed by atoms with Crippen molar-refractivity contribution in [3.63, 3.8) is 0 Å². The number of halogens is 6. The van der Waals surface area contributed by atoms with Crippen LogP contribution in [0.2, 0.25) is 0 Å². The lowest BCUT2D eigenvalue weighted by Gasteiger charge is -2.28. The topological polar surface area (TPSA) is 12.4 Å². The Kier molecular flexibility index (Phi) is 3.51. The van der Waals surface area contributed by atoms with Crippen LogP contribution in [0.3, 0.4) is 0 Å². The maximum absolute atomic E-state index is 12.5. The fraction of sp³-hybridized carbons (Fsp3) is 0.857. The third kappa shape index (κ3) is 2.15. The van der Waals surface area contributed by atoms with E-state index in [4.69, 9.17) is 0 Å². The van der Waals surface area contributed by atoms with Crippen molar-refractivity contribution in [3.8, 4) is 0 Å². The van der Waals surface area contributed by atoms with Gasteiger partial charge < -0.3 is 0 Å². The number of rotatable bonds is 1. The third-order valence-electron chi connectivity index (χ3n) is 1.78. The van der Waals surface area contributed by atoms with Crippen molar-refractivity contribution in [3.05, 3.63) is 0 Å². The van der Waals surface area contributed by atoms with Gasteiger partial charge in [-0.2, -0.15) is 26.3 Å². The molecule has 16 heavy (non-hydrogen) atoms. The van der Waals surface area contributed by atoms with E-state index in [1.54, 1.807) is 0 Å². The third-order valence-corrected chi connectivity index (χ3v) is 4.88. The average Bonchev–Trinajstić information content (AvgIpc) is 2.44. The standard InChI is InChI=1S/C7H7F6NS2/c1-3(2)4-14-5(16-15-4,6(8,9)10)7(11,12)13/h3H,1-2H3. The Morgan fingerprint density at radius 2 is 1.50 bits per heavy atom. The van der Waals surface area contributed by atoms with Crippen LogP contribution in [-0.4, -0.2) is 22.3 Å². The molecule has 0 bridgehead atoms. The fourth-order valence-electron chi connectivity index (χ4n) is 0.903. The van der Waals surface area contributed by atoms with Gasteiger partial charge in [0.05, 0.1) is 5.04 Å². The van der Waals surface area contributed by atoms with E-state index < -0.39 is 23.1 Å². The Morgan fingerprint density at radius 3 is 1.69 bits per heavy atom. The van der Waals surface area contributed by atoms with Gasteiger partial charge in [0.15, 0.2) is 0 Å². The molecule has 0 fully saturated rings. The van der Waals surface area contributed by atoms with Gasteiger partial charge in [-0.05, 0) is 21.6 Å². The zero-order valence-corrected chi connectivity index (χ0v) is 9.74. The van der Waals surface area contributed by atoms with Gasteiger partial charge >= 0.3 is 17.2 Å². The highest BCUT2D eigenvalue weighted by molar-refractivity contribution is 8.83. The summed E-state index contributed by atoms with van der Waals surface area (Å²) in [4.78, 5) is -1.16. The summed E-state index contributed by atoms with van der Waals surface area (Å²) in [6, 6.07) is 0. The van der Waals surface area contributed by atoms with Crippen LogP contribution in [0.1, 0.15) is 13.8 Å². The van der Waals surface area contributed by atoms with E-state index in [1.165, 1.54) is 13.8 Å². The van der Waals surface area contributed by atoms with E-state index >= 15 is 0 Å². The van der Waals surface area contributed by atoms with Crippen molar-refractivity contribution in [2.45, 2.75) is 31.1 Å². The molecule has 0 N–H and O–H groups in total. The van der Waals surface area contributed by atoms with Crippen LogP contribution in [0.4, 0.5) is 26.3 Å². The molecule has 0 unspecified atom stereocenters. The summed E-state index contributed by atoms with van der Waals surface area (Å²) >= 11 is 0. The van der Waals surface area contributed by atoms with Gasteiger partial charge in [-0.3, -0.25) is 0 Å². The summed E-state index contributed by atoms with van der Waals surface area (Å²) in [6.07, 6.45) is -10.9. The van der Waals surface area contributed by atoms with Crippen LogP contribution < -0.4 is 0 Å². The minimum Gasteiger partial charge on any atom is -0.245 e. The van der Waals surface area contributed by atoms with Gasteiger partial charge in [-0.1, -0.05) is 13.8 Å². The van der Waals surface area contributed by atoms with Crippen LogP contribution >= 0.6 is 21.6 Å². The molecule has 0 saturated heterocycles. The zero-order valence-electron chi connectivity index (χ0n) is 8.11. The number of alkyl halides is 6. The first kappa shape index (κ1) is 14.0. The van der Waals surface area contributed by atoms with Crippen molar-refractivity contribution in [1.29, 1.82) is 0 Å². The molecule has 0 radical (unpaired) electrons. The molecule has 1 heterocycles. The minimum absolute atomic E-state index is 0.139. The van der Waals surface area contributed by atoms with Crippen LogP contribution in [-0.2, 0) is 0 Å². The van der Waals surface area contributed by atoms with Gasteiger partial charge in [-0.25, -0.2) is 4.99 Å². The molecule has 1 aliphatic heterocycles. The summed E-state index contributed by atoms with van der Waals surface area (Å²) in [6.45, 7) is 2.99. The van der Waals surface area contributed by atoms with Gasteiger partial charge in [-0.15, -0.1) is 0 Å². The molecule has 0 aromatic heterocycles. The molecule has 1 aliphatic rings. The maximum Gasteiger partial charge on any atom is 0.433 e. The molecule has 0 aromatic carbocycles. The number of nitrogens with zero attached hydrogens (tertiary/aromatic N) is 1. The molecular formula is C7H7F6NS2. The Hall–Kier alpha value is -0.0500. The second-order valence-corrected chi connectivity index (χ2v) is 5.75. The van der Waals surface area contributed by atoms with Gasteiger partial charge in [0, 0.05) is 5.92 Å². The van der Waals surface area contributed by atoms with Crippen LogP contribution in [0.15, 0.2) is 4.99 Å². The first-order valence-corrected chi connectivity index (χ1v) is 6.25. The molecule has 0 aliphatic carbocycles. The Bertz CT molecular complexity index is 291.